The molecule has 1 unspecified atom stereocenters. The molecular weight excluding hydrogens is 341 g/mol. The SMILES string of the molecule is CC(C)(C)OC(=O)NCC(COCC1CC1)(C(=O)O)c1ccccc1F. The van der Waals surface area contributed by atoms with Crippen LogP contribution in [0, 0.1) is 11.7 Å². The van der Waals surface area contributed by atoms with Gasteiger partial charge in [-0.2, -0.15) is 0 Å². The largest absolute Gasteiger partial charge is 0.480 e. The molecule has 144 valence electrons. The van der Waals surface area contributed by atoms with E-state index in [9.17, 15) is 19.1 Å². The first kappa shape index (κ1) is 20.2. The van der Waals surface area contributed by atoms with Crippen molar-refractivity contribution in [2.24, 2.45) is 5.92 Å². The number of aliphatic carboxylic acids is 1. The normalized spacial score (nSPS) is 16.6. The van der Waals surface area contributed by atoms with Crippen LogP contribution in [0.2, 0.25) is 0 Å². The van der Waals surface area contributed by atoms with Gasteiger partial charge in [0.05, 0.1) is 6.61 Å². The van der Waals surface area contributed by atoms with Gasteiger partial charge >= 0.3 is 12.1 Å². The zero-order valence-electron chi connectivity index (χ0n) is 15.4. The molecule has 1 amide bonds. The number of hydrogen-bond donors (Lipinski definition) is 2. The second kappa shape index (κ2) is 8.03. The molecule has 1 atom stereocenters. The Kier molecular flexibility index (Phi) is 6.23. The van der Waals surface area contributed by atoms with Gasteiger partial charge in [-0.05, 0) is 45.6 Å². The van der Waals surface area contributed by atoms with E-state index >= 15 is 0 Å². The lowest BCUT2D eigenvalue weighted by molar-refractivity contribution is -0.146. The van der Waals surface area contributed by atoms with Gasteiger partial charge in [0.2, 0.25) is 0 Å². The van der Waals surface area contributed by atoms with Crippen LogP contribution < -0.4 is 5.32 Å². The Morgan fingerprint density at radius 2 is 1.92 bits per heavy atom. The maximum atomic E-state index is 14.4. The Labute approximate surface area is 152 Å². The minimum atomic E-state index is -1.74. The highest BCUT2D eigenvalue weighted by Crippen LogP contribution is 2.31. The van der Waals surface area contributed by atoms with Crippen molar-refractivity contribution in [3.8, 4) is 0 Å². The molecule has 0 radical (unpaired) electrons. The fraction of sp³-hybridized carbons (Fsp3) is 0.579. The fourth-order valence-corrected chi connectivity index (χ4v) is 2.55. The molecule has 1 aromatic rings. The number of nitrogens with one attached hydrogen (secondary N) is 1. The lowest BCUT2D eigenvalue weighted by atomic mass is 9.80. The van der Waals surface area contributed by atoms with E-state index in [1.807, 2.05) is 0 Å². The van der Waals surface area contributed by atoms with Crippen molar-refractivity contribution in [1.82, 2.24) is 5.32 Å². The van der Waals surface area contributed by atoms with Crippen molar-refractivity contribution in [1.29, 1.82) is 0 Å². The van der Waals surface area contributed by atoms with E-state index in [0.717, 1.165) is 12.8 Å². The fourth-order valence-electron chi connectivity index (χ4n) is 2.55. The molecule has 0 bridgehead atoms. The monoisotopic (exact) mass is 367 g/mol. The highest BCUT2D eigenvalue weighted by Gasteiger charge is 2.44. The third kappa shape index (κ3) is 5.42. The first-order chi connectivity index (χ1) is 12.1. The maximum Gasteiger partial charge on any atom is 0.407 e. The molecule has 1 fully saturated rings. The summed E-state index contributed by atoms with van der Waals surface area (Å²) in [4.78, 5) is 24.1. The van der Waals surface area contributed by atoms with Crippen LogP contribution in [0.5, 0.6) is 0 Å². The van der Waals surface area contributed by atoms with Gasteiger partial charge in [0.25, 0.3) is 0 Å². The summed E-state index contributed by atoms with van der Waals surface area (Å²) in [6.45, 7) is 4.94. The molecule has 0 heterocycles. The molecule has 0 spiro atoms. The lowest BCUT2D eigenvalue weighted by Crippen LogP contribution is -2.51. The standard InChI is InChI=1S/C19H26FNO5/c1-18(2,3)26-17(24)21-11-19(16(22)23,12-25-10-13-8-9-13)14-6-4-5-7-15(14)20/h4-7,13H,8-12H2,1-3H3,(H,21,24)(H,22,23). The number of halogens is 1. The van der Waals surface area contributed by atoms with Crippen LogP contribution in [0.3, 0.4) is 0 Å². The lowest BCUT2D eigenvalue weighted by Gasteiger charge is -2.31. The molecule has 0 saturated heterocycles. The highest BCUT2D eigenvalue weighted by molar-refractivity contribution is 5.83. The van der Waals surface area contributed by atoms with Crippen molar-refractivity contribution in [3.63, 3.8) is 0 Å². The zero-order chi connectivity index (χ0) is 19.4. The molecule has 1 aliphatic rings. The maximum absolute atomic E-state index is 14.4. The molecule has 2 rings (SSSR count). The van der Waals surface area contributed by atoms with Crippen LogP contribution in [0.25, 0.3) is 0 Å². The molecule has 7 heteroatoms. The number of amides is 1. The predicted octanol–water partition coefficient (Wildman–Crippen LogP) is 3.10. The van der Waals surface area contributed by atoms with E-state index < -0.39 is 28.9 Å². The molecular formula is C19H26FNO5. The topological polar surface area (TPSA) is 84.9 Å². The number of carboxylic acids is 1. The van der Waals surface area contributed by atoms with Gasteiger partial charge in [0.15, 0.2) is 0 Å². The van der Waals surface area contributed by atoms with Gasteiger partial charge in [-0.25, -0.2) is 9.18 Å². The number of carbonyl (C=O) groups excluding carboxylic acids is 1. The van der Waals surface area contributed by atoms with Crippen LogP contribution in [0.15, 0.2) is 24.3 Å². The van der Waals surface area contributed by atoms with E-state index in [1.54, 1.807) is 26.8 Å². The summed E-state index contributed by atoms with van der Waals surface area (Å²) in [6, 6.07) is 5.64. The minimum absolute atomic E-state index is 0.0284. The number of benzene rings is 1. The van der Waals surface area contributed by atoms with Crippen LogP contribution in [-0.4, -0.2) is 42.5 Å². The number of ether oxygens (including phenoxy) is 2. The summed E-state index contributed by atoms with van der Waals surface area (Å²) in [6.07, 6.45) is 1.34. The van der Waals surface area contributed by atoms with Gasteiger partial charge in [-0.1, -0.05) is 18.2 Å². The Morgan fingerprint density at radius 3 is 2.46 bits per heavy atom. The second-order valence-electron chi connectivity index (χ2n) is 7.68. The molecule has 2 N–H and O–H groups in total. The second-order valence-corrected chi connectivity index (χ2v) is 7.68. The summed E-state index contributed by atoms with van der Waals surface area (Å²) in [5.41, 5.74) is -2.49. The van der Waals surface area contributed by atoms with Crippen molar-refractivity contribution >= 4 is 12.1 Å². The van der Waals surface area contributed by atoms with E-state index in [1.165, 1.54) is 18.2 Å². The van der Waals surface area contributed by atoms with Crippen molar-refractivity contribution in [3.05, 3.63) is 35.6 Å². The third-order valence-corrected chi connectivity index (χ3v) is 4.13. The van der Waals surface area contributed by atoms with Gasteiger partial charge in [-0.15, -0.1) is 0 Å². The number of rotatable bonds is 8. The van der Waals surface area contributed by atoms with Crippen LogP contribution in [0.4, 0.5) is 9.18 Å². The van der Waals surface area contributed by atoms with Crippen LogP contribution >= 0.6 is 0 Å². The van der Waals surface area contributed by atoms with Crippen molar-refractivity contribution in [2.45, 2.75) is 44.6 Å². The van der Waals surface area contributed by atoms with E-state index in [-0.39, 0.29) is 18.7 Å². The van der Waals surface area contributed by atoms with Gasteiger partial charge < -0.3 is 19.9 Å². The molecule has 1 saturated carbocycles. The van der Waals surface area contributed by atoms with Crippen molar-refractivity contribution < 1.29 is 28.6 Å². The molecule has 0 aromatic heterocycles. The average Bonchev–Trinajstić information content (AvgIpc) is 3.34. The Balaban J connectivity index is 2.21. The third-order valence-electron chi connectivity index (χ3n) is 4.13. The summed E-state index contributed by atoms with van der Waals surface area (Å²) >= 11 is 0. The first-order valence-corrected chi connectivity index (χ1v) is 8.67. The van der Waals surface area contributed by atoms with Crippen LogP contribution in [0.1, 0.15) is 39.2 Å². The minimum Gasteiger partial charge on any atom is -0.480 e. The molecule has 1 aromatic carbocycles. The highest BCUT2D eigenvalue weighted by atomic mass is 19.1. The molecule has 6 nitrogen and oxygen atoms in total. The Morgan fingerprint density at radius 1 is 1.27 bits per heavy atom. The quantitative estimate of drug-likeness (QED) is 0.737. The van der Waals surface area contributed by atoms with Gasteiger partial charge in [-0.3, -0.25) is 4.79 Å². The van der Waals surface area contributed by atoms with Gasteiger partial charge in [0, 0.05) is 18.7 Å². The van der Waals surface area contributed by atoms with Crippen LogP contribution in [-0.2, 0) is 19.7 Å². The van der Waals surface area contributed by atoms with Gasteiger partial charge in [0.1, 0.15) is 16.8 Å². The summed E-state index contributed by atoms with van der Waals surface area (Å²) in [5.74, 6) is -1.49. The predicted molar refractivity (Wildman–Crippen MR) is 93.5 cm³/mol. The van der Waals surface area contributed by atoms with E-state index in [0.29, 0.717) is 12.5 Å². The summed E-state index contributed by atoms with van der Waals surface area (Å²) < 4.78 is 25.1. The smallest absolute Gasteiger partial charge is 0.407 e. The average molecular weight is 367 g/mol. The zero-order valence-corrected chi connectivity index (χ0v) is 15.4. The molecule has 0 aliphatic heterocycles. The number of carboxylic acid groups (broad SMARTS) is 1. The summed E-state index contributed by atoms with van der Waals surface area (Å²) in [7, 11) is 0. The number of alkyl carbamates (subject to hydrolysis) is 1. The molecule has 1 aliphatic carbocycles. The van der Waals surface area contributed by atoms with Crippen molar-refractivity contribution in [2.75, 3.05) is 19.8 Å². The first-order valence-electron chi connectivity index (χ1n) is 8.67. The van der Waals surface area contributed by atoms with E-state index in [4.69, 9.17) is 9.47 Å². The number of carbonyl (C=O) groups is 2. The molecule has 26 heavy (non-hydrogen) atoms. The summed E-state index contributed by atoms with van der Waals surface area (Å²) in [5, 5.41) is 12.3. The number of hydrogen-bond acceptors (Lipinski definition) is 4. The Hall–Kier alpha value is -2.15. The van der Waals surface area contributed by atoms with E-state index in [2.05, 4.69) is 5.32 Å². The Bertz CT molecular complexity index is 654.